The Balaban J connectivity index is 4.23. The zero-order valence-corrected chi connectivity index (χ0v) is 6.37. The molecule has 0 saturated heterocycles. The standard InChI is InChI=1S/C6H11NO4/c1-5(10,3-8)7-6(2,11)4-9/h3-4,7,10-11H,1-2H3. The van der Waals surface area contributed by atoms with E-state index in [4.69, 9.17) is 10.2 Å². The summed E-state index contributed by atoms with van der Waals surface area (Å²) in [6.45, 7) is 2.25. The molecular weight excluding hydrogens is 150 g/mol. The van der Waals surface area contributed by atoms with Gasteiger partial charge in [-0.05, 0) is 13.8 Å². The SMILES string of the molecule is CC(O)(C=O)NC(C)(O)C=O. The van der Waals surface area contributed by atoms with Crippen molar-refractivity contribution in [1.29, 1.82) is 0 Å². The zero-order valence-electron chi connectivity index (χ0n) is 6.37. The minimum absolute atomic E-state index is 0.185. The fourth-order valence-corrected chi connectivity index (χ4v) is 0.571. The molecule has 0 saturated carbocycles. The van der Waals surface area contributed by atoms with Gasteiger partial charge in [-0.25, -0.2) is 5.32 Å². The van der Waals surface area contributed by atoms with Crippen molar-refractivity contribution in [3.63, 3.8) is 0 Å². The number of hydrogen-bond donors (Lipinski definition) is 3. The molecule has 0 aliphatic carbocycles. The van der Waals surface area contributed by atoms with E-state index in [1.54, 1.807) is 0 Å². The summed E-state index contributed by atoms with van der Waals surface area (Å²) in [5, 5.41) is 20.0. The van der Waals surface area contributed by atoms with Crippen LogP contribution in [0.2, 0.25) is 0 Å². The summed E-state index contributed by atoms with van der Waals surface area (Å²) in [6, 6.07) is 0. The van der Waals surface area contributed by atoms with Crippen LogP contribution in [0.15, 0.2) is 0 Å². The van der Waals surface area contributed by atoms with Crippen LogP contribution in [-0.2, 0) is 9.59 Å². The van der Waals surface area contributed by atoms with Gasteiger partial charge in [-0.3, -0.25) is 9.59 Å². The third-order valence-electron chi connectivity index (χ3n) is 0.965. The van der Waals surface area contributed by atoms with Gasteiger partial charge in [0.25, 0.3) is 0 Å². The van der Waals surface area contributed by atoms with Crippen LogP contribution >= 0.6 is 0 Å². The second kappa shape index (κ2) is 3.08. The Morgan fingerprint density at radius 3 is 1.55 bits per heavy atom. The highest BCUT2D eigenvalue weighted by atomic mass is 16.3. The van der Waals surface area contributed by atoms with E-state index >= 15 is 0 Å². The molecule has 3 N–H and O–H groups in total. The lowest BCUT2D eigenvalue weighted by atomic mass is 10.2. The molecule has 0 fully saturated rings. The largest absolute Gasteiger partial charge is 0.369 e. The average molecular weight is 161 g/mol. The molecule has 2 unspecified atom stereocenters. The summed E-state index contributed by atoms with van der Waals surface area (Å²) in [5.41, 5.74) is -3.77. The summed E-state index contributed by atoms with van der Waals surface area (Å²) in [6.07, 6.45) is 0.371. The van der Waals surface area contributed by atoms with Crippen LogP contribution in [0.3, 0.4) is 0 Å². The number of hydrogen-bond acceptors (Lipinski definition) is 5. The fourth-order valence-electron chi connectivity index (χ4n) is 0.571. The normalized spacial score (nSPS) is 21.5. The predicted molar refractivity (Wildman–Crippen MR) is 36.5 cm³/mol. The lowest BCUT2D eigenvalue weighted by Gasteiger charge is -2.26. The van der Waals surface area contributed by atoms with Crippen molar-refractivity contribution >= 4 is 12.6 Å². The molecule has 0 amide bonds. The van der Waals surface area contributed by atoms with Crippen molar-refractivity contribution in [2.75, 3.05) is 0 Å². The molecule has 0 heterocycles. The summed E-state index contributed by atoms with van der Waals surface area (Å²) < 4.78 is 0. The molecule has 0 radical (unpaired) electrons. The maximum Gasteiger partial charge on any atom is 0.172 e. The van der Waals surface area contributed by atoms with E-state index in [1.165, 1.54) is 0 Å². The summed E-state index contributed by atoms with van der Waals surface area (Å²) in [5.74, 6) is 0. The molecule has 0 spiro atoms. The first-order valence-corrected chi connectivity index (χ1v) is 3.00. The molecule has 2 atom stereocenters. The minimum atomic E-state index is -1.88. The van der Waals surface area contributed by atoms with Gasteiger partial charge in [-0.2, -0.15) is 0 Å². The summed E-state index contributed by atoms with van der Waals surface area (Å²) >= 11 is 0. The topological polar surface area (TPSA) is 86.6 Å². The lowest BCUT2D eigenvalue weighted by Crippen LogP contribution is -2.57. The average Bonchev–Trinajstić information content (AvgIpc) is 1.86. The number of aldehydes is 2. The first-order chi connectivity index (χ1) is 4.83. The highest BCUT2D eigenvalue weighted by Crippen LogP contribution is 2.00. The maximum atomic E-state index is 10.1. The van der Waals surface area contributed by atoms with Crippen LogP contribution in [0.25, 0.3) is 0 Å². The van der Waals surface area contributed by atoms with Crippen LogP contribution < -0.4 is 5.32 Å². The Labute approximate surface area is 64.0 Å². The van der Waals surface area contributed by atoms with E-state index in [0.717, 1.165) is 13.8 Å². The van der Waals surface area contributed by atoms with E-state index in [9.17, 15) is 9.59 Å². The van der Waals surface area contributed by atoms with Crippen LogP contribution in [0.5, 0.6) is 0 Å². The van der Waals surface area contributed by atoms with Crippen molar-refractivity contribution in [3.8, 4) is 0 Å². The summed E-state index contributed by atoms with van der Waals surface area (Å²) in [7, 11) is 0. The Morgan fingerprint density at radius 1 is 1.09 bits per heavy atom. The number of rotatable bonds is 4. The predicted octanol–water partition coefficient (Wildman–Crippen LogP) is -1.61. The van der Waals surface area contributed by atoms with Crippen molar-refractivity contribution in [2.24, 2.45) is 0 Å². The van der Waals surface area contributed by atoms with Gasteiger partial charge in [-0.1, -0.05) is 0 Å². The van der Waals surface area contributed by atoms with Crippen LogP contribution in [-0.4, -0.2) is 34.2 Å². The van der Waals surface area contributed by atoms with Crippen molar-refractivity contribution in [3.05, 3.63) is 0 Å². The van der Waals surface area contributed by atoms with Crippen molar-refractivity contribution < 1.29 is 19.8 Å². The van der Waals surface area contributed by atoms with E-state index in [0.29, 0.717) is 0 Å². The van der Waals surface area contributed by atoms with Crippen LogP contribution in [0.1, 0.15) is 13.8 Å². The van der Waals surface area contributed by atoms with E-state index < -0.39 is 11.4 Å². The van der Waals surface area contributed by atoms with E-state index in [2.05, 4.69) is 0 Å². The molecule has 5 heteroatoms. The Bertz CT molecular complexity index is 146. The van der Waals surface area contributed by atoms with Crippen molar-refractivity contribution in [2.45, 2.75) is 25.3 Å². The van der Waals surface area contributed by atoms with Gasteiger partial charge >= 0.3 is 0 Å². The monoisotopic (exact) mass is 161 g/mol. The Kier molecular flexibility index (Phi) is 2.86. The molecule has 0 rings (SSSR count). The first kappa shape index (κ1) is 10.2. The highest BCUT2D eigenvalue weighted by Gasteiger charge is 2.29. The van der Waals surface area contributed by atoms with E-state index in [1.807, 2.05) is 5.32 Å². The van der Waals surface area contributed by atoms with Gasteiger partial charge in [0, 0.05) is 0 Å². The number of nitrogens with one attached hydrogen (secondary N) is 1. The van der Waals surface area contributed by atoms with Crippen LogP contribution in [0.4, 0.5) is 0 Å². The Morgan fingerprint density at radius 2 is 1.36 bits per heavy atom. The first-order valence-electron chi connectivity index (χ1n) is 3.00. The third-order valence-corrected chi connectivity index (χ3v) is 0.965. The quantitative estimate of drug-likeness (QED) is 0.341. The molecule has 0 aliphatic heterocycles. The van der Waals surface area contributed by atoms with Gasteiger partial charge in [0.05, 0.1) is 0 Å². The van der Waals surface area contributed by atoms with Gasteiger partial charge in [0.1, 0.15) is 0 Å². The smallest absolute Gasteiger partial charge is 0.172 e. The van der Waals surface area contributed by atoms with Gasteiger partial charge in [0.2, 0.25) is 0 Å². The molecule has 0 aromatic heterocycles. The second-order valence-corrected chi connectivity index (χ2v) is 2.66. The molecular formula is C6H11NO4. The molecule has 11 heavy (non-hydrogen) atoms. The van der Waals surface area contributed by atoms with Gasteiger partial charge in [0.15, 0.2) is 24.0 Å². The molecule has 0 aliphatic rings. The molecule has 5 nitrogen and oxygen atoms in total. The zero-order chi connectivity index (χ0) is 9.12. The van der Waals surface area contributed by atoms with Gasteiger partial charge < -0.3 is 10.2 Å². The molecule has 0 aromatic rings. The maximum absolute atomic E-state index is 10.1. The molecule has 0 bridgehead atoms. The van der Waals surface area contributed by atoms with Crippen LogP contribution in [0, 0.1) is 0 Å². The summed E-state index contributed by atoms with van der Waals surface area (Å²) in [4.78, 5) is 20.2. The number of carbonyl (C=O) groups excluding carboxylic acids is 2. The molecule has 64 valence electrons. The number of aliphatic hydroxyl groups is 2. The van der Waals surface area contributed by atoms with Crippen molar-refractivity contribution in [1.82, 2.24) is 5.32 Å². The number of carbonyl (C=O) groups is 2. The fraction of sp³-hybridized carbons (Fsp3) is 0.667. The van der Waals surface area contributed by atoms with Gasteiger partial charge in [-0.15, -0.1) is 0 Å². The second-order valence-electron chi connectivity index (χ2n) is 2.66. The minimum Gasteiger partial charge on any atom is -0.369 e. The highest BCUT2D eigenvalue weighted by molar-refractivity contribution is 5.65. The Hall–Kier alpha value is -0.780. The molecule has 0 aromatic carbocycles. The lowest BCUT2D eigenvalue weighted by molar-refractivity contribution is -0.143. The van der Waals surface area contributed by atoms with E-state index in [-0.39, 0.29) is 12.6 Å². The third kappa shape index (κ3) is 3.82.